The number of carbonyl (C=O) groups excluding carboxylic acids is 1. The van der Waals surface area contributed by atoms with Gasteiger partial charge < -0.3 is 10.1 Å². The molecule has 0 unspecified atom stereocenters. The lowest BCUT2D eigenvalue weighted by Gasteiger charge is -2.01. The van der Waals surface area contributed by atoms with E-state index in [0.29, 0.717) is 5.02 Å². The lowest BCUT2D eigenvalue weighted by atomic mass is 10.3. The van der Waals surface area contributed by atoms with Crippen LogP contribution in [-0.4, -0.2) is 13.1 Å². The molecule has 0 aromatic heterocycles. The number of methoxy groups -OCH3 is 1. The summed E-state index contributed by atoms with van der Waals surface area (Å²) in [6, 6.07) is 8.58. The molecule has 1 N–H and O–H groups in total. The van der Waals surface area contributed by atoms with Crippen LogP contribution in [0.2, 0.25) is 5.02 Å². The number of carbonyl (C=O) groups is 1. The minimum absolute atomic E-state index is 0.0996. The maximum absolute atomic E-state index is 11.0. The summed E-state index contributed by atoms with van der Waals surface area (Å²) in [7, 11) is 1.22. The summed E-state index contributed by atoms with van der Waals surface area (Å²) in [6.07, 6.45) is 1.29. The van der Waals surface area contributed by atoms with Crippen molar-refractivity contribution in [3.63, 3.8) is 0 Å². The summed E-state index contributed by atoms with van der Waals surface area (Å²) in [4.78, 5) is 11.0. The Bertz CT molecular complexity index is 446. The molecule has 0 bridgehead atoms. The monoisotopic (exact) mass is 236 g/mol. The number of hydrogen-bond donors (Lipinski definition) is 1. The fourth-order valence-corrected chi connectivity index (χ4v) is 1.07. The maximum atomic E-state index is 11.0. The van der Waals surface area contributed by atoms with E-state index in [1.165, 1.54) is 13.3 Å². The minimum atomic E-state index is -0.677. The van der Waals surface area contributed by atoms with E-state index in [9.17, 15) is 4.79 Å². The van der Waals surface area contributed by atoms with E-state index in [0.717, 1.165) is 5.69 Å². The van der Waals surface area contributed by atoms with Gasteiger partial charge in [-0.15, -0.1) is 0 Å². The van der Waals surface area contributed by atoms with Crippen molar-refractivity contribution in [2.45, 2.75) is 0 Å². The number of esters is 1. The molecule has 1 rings (SSSR count). The zero-order valence-electron chi connectivity index (χ0n) is 8.53. The second kappa shape index (κ2) is 5.79. The molecule has 5 heteroatoms. The number of nitrogens with zero attached hydrogens (tertiary/aromatic N) is 1. The molecule has 4 nitrogen and oxygen atoms in total. The molecule has 0 spiro atoms. The number of rotatable bonds is 3. The number of hydrogen-bond acceptors (Lipinski definition) is 4. The summed E-state index contributed by atoms with van der Waals surface area (Å²) in [5.41, 5.74) is 0.624. The molecule has 1 aromatic carbocycles. The van der Waals surface area contributed by atoms with Crippen LogP contribution in [0.1, 0.15) is 0 Å². The molecule has 0 aliphatic heterocycles. The number of benzene rings is 1. The van der Waals surface area contributed by atoms with Crippen LogP contribution in [0.3, 0.4) is 0 Å². The molecule has 0 fully saturated rings. The fourth-order valence-electron chi connectivity index (χ4n) is 0.948. The number of nitrogens with one attached hydrogen (secondary N) is 1. The van der Waals surface area contributed by atoms with E-state index in [4.69, 9.17) is 16.9 Å². The van der Waals surface area contributed by atoms with E-state index in [1.54, 1.807) is 30.3 Å². The third-order valence-corrected chi connectivity index (χ3v) is 2.01. The fraction of sp³-hybridized carbons (Fsp3) is 0.0909. The van der Waals surface area contributed by atoms with E-state index < -0.39 is 5.97 Å². The first-order valence-corrected chi connectivity index (χ1v) is 4.76. The van der Waals surface area contributed by atoms with E-state index in [-0.39, 0.29) is 5.57 Å². The van der Waals surface area contributed by atoms with Gasteiger partial charge in [-0.3, -0.25) is 0 Å². The van der Waals surface area contributed by atoms with Crippen molar-refractivity contribution in [1.82, 2.24) is 0 Å². The molecule has 0 amide bonds. The first kappa shape index (κ1) is 12.1. The van der Waals surface area contributed by atoms with Crippen LogP contribution in [0.5, 0.6) is 0 Å². The Morgan fingerprint density at radius 2 is 2.12 bits per heavy atom. The van der Waals surface area contributed by atoms with E-state index >= 15 is 0 Å². The largest absolute Gasteiger partial charge is 0.465 e. The highest BCUT2D eigenvalue weighted by atomic mass is 35.5. The summed E-state index contributed by atoms with van der Waals surface area (Å²) in [6.45, 7) is 0. The van der Waals surface area contributed by atoms with Gasteiger partial charge in [0.05, 0.1) is 7.11 Å². The van der Waals surface area contributed by atoms with Gasteiger partial charge in [0.15, 0.2) is 5.57 Å². The van der Waals surface area contributed by atoms with Gasteiger partial charge in [0, 0.05) is 16.9 Å². The highest BCUT2D eigenvalue weighted by Gasteiger charge is 2.07. The number of anilines is 1. The Labute approximate surface area is 98.1 Å². The molecular formula is C11H9ClN2O2. The summed E-state index contributed by atoms with van der Waals surface area (Å²) in [5.74, 6) is -0.677. The van der Waals surface area contributed by atoms with Gasteiger partial charge in [0.25, 0.3) is 0 Å². The standard InChI is InChI=1S/C11H9ClN2O2/c1-16-11(15)8(6-13)7-14-10-4-2-9(12)3-5-10/h2-5,7,14H,1H3/b8-7+. The average molecular weight is 237 g/mol. The zero-order valence-corrected chi connectivity index (χ0v) is 9.28. The predicted molar refractivity (Wildman–Crippen MR) is 60.8 cm³/mol. The second-order valence-corrected chi connectivity index (χ2v) is 3.25. The van der Waals surface area contributed by atoms with Gasteiger partial charge >= 0.3 is 5.97 Å². The van der Waals surface area contributed by atoms with Crippen molar-refractivity contribution < 1.29 is 9.53 Å². The van der Waals surface area contributed by atoms with Crippen LogP contribution in [0.4, 0.5) is 5.69 Å². The Morgan fingerprint density at radius 1 is 1.50 bits per heavy atom. The molecule has 0 radical (unpaired) electrons. The highest BCUT2D eigenvalue weighted by Crippen LogP contribution is 2.13. The minimum Gasteiger partial charge on any atom is -0.465 e. The highest BCUT2D eigenvalue weighted by molar-refractivity contribution is 6.30. The Kier molecular flexibility index (Phi) is 4.37. The van der Waals surface area contributed by atoms with Crippen LogP contribution in [0, 0.1) is 11.3 Å². The smallest absolute Gasteiger partial charge is 0.350 e. The normalized spacial score (nSPS) is 10.4. The second-order valence-electron chi connectivity index (χ2n) is 2.81. The maximum Gasteiger partial charge on any atom is 0.350 e. The van der Waals surface area contributed by atoms with Crippen LogP contribution in [0.15, 0.2) is 36.0 Å². The van der Waals surface area contributed by atoms with Gasteiger partial charge in [-0.1, -0.05) is 11.6 Å². The van der Waals surface area contributed by atoms with Crippen molar-refractivity contribution in [2.24, 2.45) is 0 Å². The lowest BCUT2D eigenvalue weighted by Crippen LogP contribution is -2.05. The van der Waals surface area contributed by atoms with Gasteiger partial charge in [-0.2, -0.15) is 5.26 Å². The number of nitriles is 1. The molecule has 82 valence electrons. The van der Waals surface area contributed by atoms with Crippen LogP contribution < -0.4 is 5.32 Å². The van der Waals surface area contributed by atoms with Crippen molar-refractivity contribution >= 4 is 23.3 Å². The molecule has 0 heterocycles. The molecule has 1 aromatic rings. The molecule has 0 atom stereocenters. The van der Waals surface area contributed by atoms with Crippen LogP contribution >= 0.6 is 11.6 Å². The topological polar surface area (TPSA) is 62.1 Å². The lowest BCUT2D eigenvalue weighted by molar-refractivity contribution is -0.135. The van der Waals surface area contributed by atoms with Gasteiger partial charge in [0.2, 0.25) is 0 Å². The third-order valence-electron chi connectivity index (χ3n) is 1.75. The predicted octanol–water partition coefficient (Wildman–Crippen LogP) is 2.33. The summed E-state index contributed by atoms with van der Waals surface area (Å²) < 4.78 is 4.42. The SMILES string of the molecule is COC(=O)/C(C#N)=C/Nc1ccc(Cl)cc1. The van der Waals surface area contributed by atoms with Crippen LogP contribution in [-0.2, 0) is 9.53 Å². The molecule has 0 aliphatic carbocycles. The van der Waals surface area contributed by atoms with Gasteiger partial charge in [-0.05, 0) is 24.3 Å². The Balaban J connectivity index is 2.75. The molecule has 16 heavy (non-hydrogen) atoms. The molecule has 0 aliphatic rings. The van der Waals surface area contributed by atoms with Crippen LogP contribution in [0.25, 0.3) is 0 Å². The van der Waals surface area contributed by atoms with Gasteiger partial charge in [0.1, 0.15) is 6.07 Å². The molecule has 0 saturated heterocycles. The van der Waals surface area contributed by atoms with Crippen molar-refractivity contribution in [3.8, 4) is 6.07 Å². The first-order valence-electron chi connectivity index (χ1n) is 4.38. The molecular weight excluding hydrogens is 228 g/mol. The third kappa shape index (κ3) is 3.30. The molecule has 0 saturated carbocycles. The number of ether oxygens (including phenoxy) is 1. The summed E-state index contributed by atoms with van der Waals surface area (Å²) >= 11 is 5.70. The summed E-state index contributed by atoms with van der Waals surface area (Å²) in [5, 5.41) is 12.1. The quantitative estimate of drug-likeness (QED) is 0.497. The zero-order chi connectivity index (χ0) is 12.0. The average Bonchev–Trinajstić information content (AvgIpc) is 2.31. The van der Waals surface area contributed by atoms with Crippen molar-refractivity contribution in [1.29, 1.82) is 5.26 Å². The number of halogens is 1. The van der Waals surface area contributed by atoms with E-state index in [1.807, 2.05) is 0 Å². The first-order chi connectivity index (χ1) is 7.67. The Hall–Kier alpha value is -1.99. The van der Waals surface area contributed by atoms with Crippen molar-refractivity contribution in [2.75, 3.05) is 12.4 Å². The van der Waals surface area contributed by atoms with E-state index in [2.05, 4.69) is 10.1 Å². The van der Waals surface area contributed by atoms with Crippen molar-refractivity contribution in [3.05, 3.63) is 41.1 Å². The van der Waals surface area contributed by atoms with Gasteiger partial charge in [-0.25, -0.2) is 4.79 Å². The Morgan fingerprint density at radius 3 is 2.62 bits per heavy atom.